The lowest BCUT2D eigenvalue weighted by molar-refractivity contribution is 0.249. The summed E-state index contributed by atoms with van der Waals surface area (Å²) in [5, 5.41) is 5.41. The van der Waals surface area contributed by atoms with E-state index in [1.807, 2.05) is 6.92 Å². The number of carbonyl (C=O) groups excluding carboxylic acids is 1. The van der Waals surface area contributed by atoms with Gasteiger partial charge in [0, 0.05) is 0 Å². The van der Waals surface area contributed by atoms with Crippen molar-refractivity contribution in [3.05, 3.63) is 65.0 Å². The number of urea groups is 1. The van der Waals surface area contributed by atoms with Crippen LogP contribution in [0.2, 0.25) is 0 Å². The molecule has 0 heterocycles. The molecule has 120 valence electrons. The van der Waals surface area contributed by atoms with Crippen molar-refractivity contribution in [3.8, 4) is 0 Å². The average Bonchev–Trinajstić information content (AvgIpc) is 2.56. The first kappa shape index (κ1) is 15.5. The van der Waals surface area contributed by atoms with E-state index in [-0.39, 0.29) is 11.7 Å². The van der Waals surface area contributed by atoms with Crippen molar-refractivity contribution in [1.29, 1.82) is 0 Å². The highest BCUT2D eigenvalue weighted by atomic mass is 19.1. The third-order valence-corrected chi connectivity index (χ3v) is 4.34. The number of anilines is 1. The number of nitrogens with one attached hydrogen (secondary N) is 2. The summed E-state index contributed by atoms with van der Waals surface area (Å²) in [6, 6.07) is 12.0. The lowest BCUT2D eigenvalue weighted by Gasteiger charge is -2.20. The lowest BCUT2D eigenvalue weighted by atomic mass is 9.89. The highest BCUT2D eigenvalue weighted by Crippen LogP contribution is 2.24. The minimum Gasteiger partial charge on any atom is -0.331 e. The van der Waals surface area contributed by atoms with Gasteiger partial charge in [0.15, 0.2) is 0 Å². The van der Waals surface area contributed by atoms with Gasteiger partial charge in [-0.25, -0.2) is 9.18 Å². The number of fused-ring (bicyclic) bond motifs is 1. The van der Waals surface area contributed by atoms with E-state index in [2.05, 4.69) is 28.8 Å². The molecule has 2 aromatic rings. The molecule has 1 aliphatic carbocycles. The maximum absolute atomic E-state index is 13.6. The minimum atomic E-state index is -0.441. The molecular formula is C19H21FN2O. The quantitative estimate of drug-likeness (QED) is 0.855. The van der Waals surface area contributed by atoms with Gasteiger partial charge in [0.2, 0.25) is 0 Å². The number of amides is 2. The minimum absolute atomic E-state index is 0.131. The van der Waals surface area contributed by atoms with Crippen LogP contribution < -0.4 is 10.6 Å². The Labute approximate surface area is 135 Å². The van der Waals surface area contributed by atoms with Crippen LogP contribution in [0.3, 0.4) is 0 Å². The Balaban J connectivity index is 1.65. The van der Waals surface area contributed by atoms with Crippen molar-refractivity contribution in [2.45, 2.75) is 38.6 Å². The van der Waals surface area contributed by atoms with Gasteiger partial charge in [-0.15, -0.1) is 0 Å². The molecule has 0 radical (unpaired) electrons. The molecule has 1 unspecified atom stereocenters. The fourth-order valence-electron chi connectivity index (χ4n) is 3.02. The second kappa shape index (κ2) is 6.82. The molecule has 0 fully saturated rings. The zero-order valence-corrected chi connectivity index (χ0v) is 13.2. The summed E-state index contributed by atoms with van der Waals surface area (Å²) in [5.41, 5.74) is 4.07. The summed E-state index contributed by atoms with van der Waals surface area (Å²) in [5.74, 6) is -0.441. The van der Waals surface area contributed by atoms with Crippen molar-refractivity contribution < 1.29 is 9.18 Å². The average molecular weight is 312 g/mol. The number of aryl methyl sites for hydroxylation is 2. The molecule has 2 aromatic carbocycles. The Kier molecular flexibility index (Phi) is 4.60. The summed E-state index contributed by atoms with van der Waals surface area (Å²) in [4.78, 5) is 12.0. The number of hydrogen-bond acceptors (Lipinski definition) is 1. The van der Waals surface area contributed by atoms with Crippen LogP contribution in [-0.2, 0) is 12.8 Å². The van der Waals surface area contributed by atoms with Gasteiger partial charge < -0.3 is 10.6 Å². The van der Waals surface area contributed by atoms with Crippen molar-refractivity contribution in [2.75, 3.05) is 5.32 Å². The molecule has 23 heavy (non-hydrogen) atoms. The molecule has 3 nitrogen and oxygen atoms in total. The van der Waals surface area contributed by atoms with Gasteiger partial charge in [-0.3, -0.25) is 0 Å². The topological polar surface area (TPSA) is 41.1 Å². The van der Waals surface area contributed by atoms with Crippen molar-refractivity contribution in [1.82, 2.24) is 5.32 Å². The number of para-hydroxylation sites is 1. The predicted molar refractivity (Wildman–Crippen MR) is 90.1 cm³/mol. The predicted octanol–water partition coefficient (Wildman–Crippen LogP) is 4.59. The van der Waals surface area contributed by atoms with Crippen LogP contribution in [0.5, 0.6) is 0 Å². The highest BCUT2D eigenvalue weighted by molar-refractivity contribution is 5.89. The van der Waals surface area contributed by atoms with Crippen LogP contribution in [0.1, 0.15) is 42.5 Å². The number of rotatable bonds is 3. The van der Waals surface area contributed by atoms with Crippen LogP contribution in [0, 0.1) is 5.82 Å². The Bertz CT molecular complexity index is 714. The third kappa shape index (κ3) is 3.70. The van der Waals surface area contributed by atoms with Gasteiger partial charge in [0.25, 0.3) is 0 Å². The Morgan fingerprint density at radius 3 is 2.61 bits per heavy atom. The first-order valence-electron chi connectivity index (χ1n) is 8.07. The highest BCUT2D eigenvalue weighted by Gasteiger charge is 2.14. The molecule has 3 rings (SSSR count). The van der Waals surface area contributed by atoms with Crippen LogP contribution in [-0.4, -0.2) is 6.03 Å². The van der Waals surface area contributed by atoms with E-state index in [4.69, 9.17) is 0 Å². The first-order chi connectivity index (χ1) is 11.1. The van der Waals surface area contributed by atoms with Crippen LogP contribution in [0.4, 0.5) is 14.9 Å². The fourth-order valence-corrected chi connectivity index (χ4v) is 3.02. The molecule has 0 bridgehead atoms. The van der Waals surface area contributed by atoms with E-state index >= 15 is 0 Å². The van der Waals surface area contributed by atoms with Crippen LogP contribution >= 0.6 is 0 Å². The summed E-state index contributed by atoms with van der Waals surface area (Å²) in [6.45, 7) is 1.94. The maximum Gasteiger partial charge on any atom is 0.319 e. The first-order valence-corrected chi connectivity index (χ1v) is 8.07. The van der Waals surface area contributed by atoms with Crippen molar-refractivity contribution >= 4 is 11.7 Å². The van der Waals surface area contributed by atoms with E-state index in [1.165, 1.54) is 30.0 Å². The standard InChI is InChI=1S/C19H21FN2O/c1-13(15-11-10-14-6-2-3-7-16(14)12-15)21-19(23)22-18-9-5-4-8-17(18)20/h4-5,8-13H,2-3,6-7H2,1H3,(H2,21,22,23). The second-order valence-corrected chi connectivity index (χ2v) is 6.04. The maximum atomic E-state index is 13.6. The summed E-state index contributed by atoms with van der Waals surface area (Å²) < 4.78 is 13.6. The van der Waals surface area contributed by atoms with Gasteiger partial charge in [0.05, 0.1) is 11.7 Å². The number of carbonyl (C=O) groups is 1. The molecular weight excluding hydrogens is 291 g/mol. The van der Waals surface area contributed by atoms with E-state index in [9.17, 15) is 9.18 Å². The fraction of sp³-hybridized carbons (Fsp3) is 0.316. The van der Waals surface area contributed by atoms with Crippen molar-refractivity contribution in [3.63, 3.8) is 0 Å². The number of halogens is 1. The molecule has 0 aliphatic heterocycles. The van der Waals surface area contributed by atoms with Gasteiger partial charge in [-0.05, 0) is 61.4 Å². The molecule has 0 aromatic heterocycles. The van der Waals surface area contributed by atoms with E-state index < -0.39 is 11.8 Å². The molecule has 2 amide bonds. The smallest absolute Gasteiger partial charge is 0.319 e. The SMILES string of the molecule is CC(NC(=O)Nc1ccccc1F)c1ccc2c(c1)CCCC2. The molecule has 1 aliphatic rings. The molecule has 0 spiro atoms. The number of benzene rings is 2. The van der Waals surface area contributed by atoms with Gasteiger partial charge in [-0.2, -0.15) is 0 Å². The van der Waals surface area contributed by atoms with Gasteiger partial charge in [0.1, 0.15) is 5.82 Å². The van der Waals surface area contributed by atoms with Crippen molar-refractivity contribution in [2.24, 2.45) is 0 Å². The third-order valence-electron chi connectivity index (χ3n) is 4.34. The van der Waals surface area contributed by atoms with Crippen LogP contribution in [0.15, 0.2) is 42.5 Å². The second-order valence-electron chi connectivity index (χ2n) is 6.04. The normalized spacial score (nSPS) is 14.7. The summed E-state index contributed by atoms with van der Waals surface area (Å²) in [7, 11) is 0. The lowest BCUT2D eigenvalue weighted by Crippen LogP contribution is -2.31. The molecule has 1 atom stereocenters. The van der Waals surface area contributed by atoms with E-state index in [0.29, 0.717) is 0 Å². The number of hydrogen-bond donors (Lipinski definition) is 2. The van der Waals surface area contributed by atoms with Gasteiger partial charge in [-0.1, -0.05) is 30.3 Å². The zero-order valence-electron chi connectivity index (χ0n) is 13.2. The molecule has 4 heteroatoms. The Hall–Kier alpha value is -2.36. The van der Waals surface area contributed by atoms with Crippen LogP contribution in [0.25, 0.3) is 0 Å². The van der Waals surface area contributed by atoms with Gasteiger partial charge >= 0.3 is 6.03 Å². The van der Waals surface area contributed by atoms with E-state index in [0.717, 1.165) is 18.4 Å². The molecule has 0 saturated carbocycles. The zero-order chi connectivity index (χ0) is 16.2. The molecule has 0 saturated heterocycles. The van der Waals surface area contributed by atoms with E-state index in [1.54, 1.807) is 18.2 Å². The Morgan fingerprint density at radius 1 is 1.09 bits per heavy atom. The summed E-state index contributed by atoms with van der Waals surface area (Å²) >= 11 is 0. The monoisotopic (exact) mass is 312 g/mol. The largest absolute Gasteiger partial charge is 0.331 e. The molecule has 2 N–H and O–H groups in total. The summed E-state index contributed by atoms with van der Waals surface area (Å²) in [6.07, 6.45) is 4.74. The Morgan fingerprint density at radius 2 is 1.83 bits per heavy atom.